The summed E-state index contributed by atoms with van der Waals surface area (Å²) in [6.07, 6.45) is 3.44. The second-order valence-electron chi connectivity index (χ2n) is 3.88. The third kappa shape index (κ3) is 2.43. The molecular formula is C14H16N2OS. The van der Waals surface area contributed by atoms with E-state index in [2.05, 4.69) is 4.98 Å². The minimum absolute atomic E-state index is 0.0748. The Bertz CT molecular complexity index is 518. The number of hydrogen-bond acceptors (Lipinski definition) is 3. The van der Waals surface area contributed by atoms with E-state index in [1.54, 1.807) is 29.8 Å². The van der Waals surface area contributed by atoms with Crippen molar-refractivity contribution in [2.24, 2.45) is 0 Å². The lowest BCUT2D eigenvalue weighted by Crippen LogP contribution is -2.30. The van der Waals surface area contributed by atoms with Crippen molar-refractivity contribution in [1.29, 1.82) is 0 Å². The lowest BCUT2D eigenvalue weighted by molar-refractivity contribution is 0.0773. The first-order valence-electron chi connectivity index (χ1n) is 6.05. The summed E-state index contributed by atoms with van der Waals surface area (Å²) in [7, 11) is 0. The Labute approximate surface area is 111 Å². The number of rotatable bonds is 4. The average molecular weight is 260 g/mol. The summed E-state index contributed by atoms with van der Waals surface area (Å²) < 4.78 is 0. The van der Waals surface area contributed by atoms with Crippen LogP contribution in [0.3, 0.4) is 0 Å². The Hall–Kier alpha value is -1.68. The number of carbonyl (C=O) groups is 1. The zero-order valence-corrected chi connectivity index (χ0v) is 11.4. The van der Waals surface area contributed by atoms with Crippen LogP contribution in [-0.2, 0) is 0 Å². The van der Waals surface area contributed by atoms with Crippen LogP contribution in [0.15, 0.2) is 36.0 Å². The molecule has 2 aromatic heterocycles. The highest BCUT2D eigenvalue weighted by Gasteiger charge is 2.17. The number of carbonyl (C=O) groups excluding carboxylic acids is 1. The van der Waals surface area contributed by atoms with E-state index in [-0.39, 0.29) is 5.91 Å². The van der Waals surface area contributed by atoms with Crippen molar-refractivity contribution in [1.82, 2.24) is 9.88 Å². The molecule has 0 aliphatic carbocycles. The predicted octanol–water partition coefficient (Wildman–Crippen LogP) is 3.29. The van der Waals surface area contributed by atoms with Gasteiger partial charge in [-0.2, -0.15) is 0 Å². The largest absolute Gasteiger partial charge is 0.339 e. The van der Waals surface area contributed by atoms with Crippen molar-refractivity contribution in [3.05, 3.63) is 41.5 Å². The van der Waals surface area contributed by atoms with Gasteiger partial charge < -0.3 is 4.90 Å². The molecule has 0 bridgehead atoms. The Morgan fingerprint density at radius 3 is 2.72 bits per heavy atom. The molecule has 2 aromatic rings. The highest BCUT2D eigenvalue weighted by atomic mass is 32.1. The third-order valence-electron chi connectivity index (χ3n) is 2.89. The number of hydrogen-bond donors (Lipinski definition) is 0. The summed E-state index contributed by atoms with van der Waals surface area (Å²) >= 11 is 1.62. The molecule has 0 saturated heterocycles. The van der Waals surface area contributed by atoms with Crippen LogP contribution in [0.2, 0.25) is 0 Å². The zero-order valence-electron chi connectivity index (χ0n) is 10.6. The summed E-state index contributed by atoms with van der Waals surface area (Å²) in [4.78, 5) is 19.5. The second-order valence-corrected chi connectivity index (χ2v) is 4.82. The smallest absolute Gasteiger partial charge is 0.254 e. The Kier molecular flexibility index (Phi) is 4.10. The van der Waals surface area contributed by atoms with Crippen molar-refractivity contribution in [3.63, 3.8) is 0 Å². The molecule has 1 amide bonds. The van der Waals surface area contributed by atoms with Crippen LogP contribution in [0.25, 0.3) is 10.4 Å². The summed E-state index contributed by atoms with van der Waals surface area (Å²) in [5, 5.41) is 2.01. The molecule has 4 heteroatoms. The monoisotopic (exact) mass is 260 g/mol. The Balaban J connectivity index is 2.42. The minimum atomic E-state index is 0.0748. The van der Waals surface area contributed by atoms with E-state index < -0.39 is 0 Å². The molecule has 0 aliphatic rings. The fourth-order valence-corrected chi connectivity index (χ4v) is 2.64. The molecular weight excluding hydrogens is 244 g/mol. The minimum Gasteiger partial charge on any atom is -0.339 e. The quantitative estimate of drug-likeness (QED) is 0.845. The number of amides is 1. The highest BCUT2D eigenvalue weighted by Crippen LogP contribution is 2.27. The molecule has 2 heterocycles. The van der Waals surface area contributed by atoms with Crippen molar-refractivity contribution in [3.8, 4) is 10.4 Å². The number of aromatic nitrogens is 1. The molecule has 0 spiro atoms. The number of thiophene rings is 1. The normalized spacial score (nSPS) is 10.3. The van der Waals surface area contributed by atoms with E-state index in [1.165, 1.54) is 0 Å². The van der Waals surface area contributed by atoms with Gasteiger partial charge >= 0.3 is 0 Å². The molecule has 0 aliphatic heterocycles. The SMILES string of the molecule is CCN(CC)C(=O)c1ccncc1-c1cccs1. The molecule has 18 heavy (non-hydrogen) atoms. The maximum absolute atomic E-state index is 12.4. The Morgan fingerprint density at radius 2 is 2.11 bits per heavy atom. The fourth-order valence-electron chi connectivity index (χ4n) is 1.89. The van der Waals surface area contributed by atoms with Gasteiger partial charge in [-0.05, 0) is 31.4 Å². The lowest BCUT2D eigenvalue weighted by atomic mass is 10.1. The zero-order chi connectivity index (χ0) is 13.0. The standard InChI is InChI=1S/C14H16N2OS/c1-3-16(4-2)14(17)11-7-8-15-10-12(11)13-6-5-9-18-13/h5-10H,3-4H2,1-2H3. The molecule has 3 nitrogen and oxygen atoms in total. The third-order valence-corrected chi connectivity index (χ3v) is 3.79. The van der Waals surface area contributed by atoms with E-state index in [4.69, 9.17) is 0 Å². The molecule has 94 valence electrons. The first-order chi connectivity index (χ1) is 8.77. The topological polar surface area (TPSA) is 33.2 Å². The van der Waals surface area contributed by atoms with Gasteiger partial charge in [0.15, 0.2) is 0 Å². The molecule has 0 saturated carbocycles. The number of nitrogens with zero attached hydrogens (tertiary/aromatic N) is 2. The van der Waals surface area contributed by atoms with Gasteiger partial charge in [-0.3, -0.25) is 9.78 Å². The lowest BCUT2D eigenvalue weighted by Gasteiger charge is -2.19. The van der Waals surface area contributed by atoms with Gasteiger partial charge in [0, 0.05) is 35.9 Å². The Morgan fingerprint density at radius 1 is 1.33 bits per heavy atom. The van der Waals surface area contributed by atoms with E-state index in [1.807, 2.05) is 36.3 Å². The van der Waals surface area contributed by atoms with E-state index in [0.29, 0.717) is 0 Å². The molecule has 0 aromatic carbocycles. The van der Waals surface area contributed by atoms with Crippen LogP contribution < -0.4 is 0 Å². The van der Waals surface area contributed by atoms with Crippen LogP contribution in [0.1, 0.15) is 24.2 Å². The number of pyridine rings is 1. The van der Waals surface area contributed by atoms with Crippen LogP contribution in [0.5, 0.6) is 0 Å². The van der Waals surface area contributed by atoms with Gasteiger partial charge in [0.2, 0.25) is 0 Å². The highest BCUT2D eigenvalue weighted by molar-refractivity contribution is 7.13. The molecule has 0 N–H and O–H groups in total. The van der Waals surface area contributed by atoms with Gasteiger partial charge in [-0.1, -0.05) is 6.07 Å². The van der Waals surface area contributed by atoms with Crippen LogP contribution in [-0.4, -0.2) is 28.9 Å². The second kappa shape index (κ2) is 5.78. The first kappa shape index (κ1) is 12.8. The fraction of sp³-hybridized carbons (Fsp3) is 0.286. The first-order valence-corrected chi connectivity index (χ1v) is 6.93. The van der Waals surface area contributed by atoms with E-state index in [9.17, 15) is 4.79 Å². The van der Waals surface area contributed by atoms with Crippen molar-refractivity contribution in [2.45, 2.75) is 13.8 Å². The van der Waals surface area contributed by atoms with E-state index >= 15 is 0 Å². The van der Waals surface area contributed by atoms with Crippen LogP contribution in [0, 0.1) is 0 Å². The van der Waals surface area contributed by atoms with E-state index in [0.717, 1.165) is 29.1 Å². The molecule has 0 fully saturated rings. The van der Waals surface area contributed by atoms with Crippen LogP contribution in [0.4, 0.5) is 0 Å². The van der Waals surface area contributed by atoms with Crippen molar-refractivity contribution < 1.29 is 4.79 Å². The van der Waals surface area contributed by atoms with Gasteiger partial charge in [0.25, 0.3) is 5.91 Å². The molecule has 0 radical (unpaired) electrons. The van der Waals surface area contributed by atoms with Gasteiger partial charge in [0.05, 0.1) is 5.56 Å². The summed E-state index contributed by atoms with van der Waals surface area (Å²) in [5.74, 6) is 0.0748. The molecule has 0 atom stereocenters. The average Bonchev–Trinajstić information content (AvgIpc) is 2.94. The van der Waals surface area contributed by atoms with Gasteiger partial charge in [0.1, 0.15) is 0 Å². The molecule has 2 rings (SSSR count). The summed E-state index contributed by atoms with van der Waals surface area (Å²) in [6, 6.07) is 5.80. The summed E-state index contributed by atoms with van der Waals surface area (Å²) in [5.41, 5.74) is 1.65. The van der Waals surface area contributed by atoms with Gasteiger partial charge in [-0.15, -0.1) is 11.3 Å². The van der Waals surface area contributed by atoms with Crippen molar-refractivity contribution >= 4 is 17.2 Å². The summed E-state index contributed by atoms with van der Waals surface area (Å²) in [6.45, 7) is 5.43. The van der Waals surface area contributed by atoms with Crippen LogP contribution >= 0.6 is 11.3 Å². The predicted molar refractivity (Wildman–Crippen MR) is 74.8 cm³/mol. The molecule has 0 unspecified atom stereocenters. The van der Waals surface area contributed by atoms with Gasteiger partial charge in [-0.25, -0.2) is 0 Å². The maximum Gasteiger partial charge on any atom is 0.254 e. The maximum atomic E-state index is 12.4. The van der Waals surface area contributed by atoms with Crippen molar-refractivity contribution in [2.75, 3.05) is 13.1 Å².